The number of anilines is 1. The van der Waals surface area contributed by atoms with Crippen LogP contribution < -0.4 is 10.1 Å². The van der Waals surface area contributed by atoms with Gasteiger partial charge < -0.3 is 10.1 Å². The lowest BCUT2D eigenvalue weighted by Crippen LogP contribution is -2.15. The van der Waals surface area contributed by atoms with Crippen molar-refractivity contribution >= 4 is 23.2 Å². The summed E-state index contributed by atoms with van der Waals surface area (Å²) in [6, 6.07) is 7.03. The third kappa shape index (κ3) is 4.77. The van der Waals surface area contributed by atoms with Crippen LogP contribution in [0.2, 0.25) is 5.02 Å². The summed E-state index contributed by atoms with van der Waals surface area (Å²) in [5, 5.41) is 9.81. The van der Waals surface area contributed by atoms with Gasteiger partial charge in [-0.2, -0.15) is 5.10 Å². The predicted octanol–water partition coefficient (Wildman–Crippen LogP) is 2.92. The Balaban J connectivity index is 1.65. The number of rotatable bonds is 6. The molecule has 2 aromatic heterocycles. The minimum absolute atomic E-state index is 0.153. The van der Waals surface area contributed by atoms with Gasteiger partial charge in [-0.15, -0.1) is 0 Å². The normalized spacial score (nSPS) is 10.5. The zero-order chi connectivity index (χ0) is 17.6. The van der Waals surface area contributed by atoms with Gasteiger partial charge in [0.05, 0.1) is 18.3 Å². The molecular formula is C17H16ClN5O2. The van der Waals surface area contributed by atoms with E-state index in [1.54, 1.807) is 30.6 Å². The minimum Gasteiger partial charge on any atom is -0.486 e. The number of nitrogens with zero attached hydrogens (tertiary/aromatic N) is 3. The van der Waals surface area contributed by atoms with Crippen LogP contribution >= 0.6 is 11.6 Å². The highest BCUT2D eigenvalue weighted by Crippen LogP contribution is 2.22. The van der Waals surface area contributed by atoms with Crippen LogP contribution in [0.15, 0.2) is 43.0 Å². The van der Waals surface area contributed by atoms with E-state index < -0.39 is 0 Å². The number of halogens is 1. The molecular weight excluding hydrogens is 342 g/mol. The molecule has 0 saturated heterocycles. The van der Waals surface area contributed by atoms with Crippen LogP contribution in [-0.4, -0.2) is 26.1 Å². The van der Waals surface area contributed by atoms with Crippen LogP contribution in [-0.2, 0) is 17.8 Å². The van der Waals surface area contributed by atoms with Gasteiger partial charge in [0.2, 0.25) is 5.91 Å². The van der Waals surface area contributed by atoms with Crippen LogP contribution in [0.1, 0.15) is 17.0 Å². The van der Waals surface area contributed by atoms with E-state index in [1.165, 1.54) is 6.33 Å². The Morgan fingerprint density at radius 3 is 3.00 bits per heavy atom. The maximum atomic E-state index is 12.3. The van der Waals surface area contributed by atoms with E-state index in [4.69, 9.17) is 16.3 Å². The number of amides is 1. The lowest BCUT2D eigenvalue weighted by atomic mass is 10.1. The predicted molar refractivity (Wildman–Crippen MR) is 93.5 cm³/mol. The van der Waals surface area contributed by atoms with Crippen LogP contribution in [0, 0.1) is 6.92 Å². The van der Waals surface area contributed by atoms with Crippen molar-refractivity contribution in [3.8, 4) is 5.75 Å². The van der Waals surface area contributed by atoms with Gasteiger partial charge in [0, 0.05) is 11.2 Å². The smallest absolute Gasteiger partial charge is 0.228 e. The third-order valence-electron chi connectivity index (χ3n) is 3.45. The molecule has 0 bridgehead atoms. The van der Waals surface area contributed by atoms with Crippen LogP contribution in [0.4, 0.5) is 5.69 Å². The fourth-order valence-corrected chi connectivity index (χ4v) is 2.48. The van der Waals surface area contributed by atoms with Gasteiger partial charge in [0.1, 0.15) is 18.7 Å². The molecule has 25 heavy (non-hydrogen) atoms. The number of hydrogen-bond acceptors (Lipinski definition) is 5. The highest BCUT2D eigenvalue weighted by atomic mass is 35.5. The SMILES string of the molecule is Cc1ccncc1NC(=O)Cc1cc(Cl)cc(OCc2ncn[nH]2)c1. The molecule has 8 heteroatoms. The Bertz CT molecular complexity index is 867. The topological polar surface area (TPSA) is 92.8 Å². The number of aromatic nitrogens is 4. The number of ether oxygens (including phenoxy) is 1. The highest BCUT2D eigenvalue weighted by Gasteiger charge is 2.09. The largest absolute Gasteiger partial charge is 0.486 e. The van der Waals surface area contributed by atoms with E-state index in [9.17, 15) is 4.79 Å². The second kappa shape index (κ2) is 7.76. The zero-order valence-electron chi connectivity index (χ0n) is 13.5. The molecule has 0 fully saturated rings. The Kier molecular flexibility index (Phi) is 5.25. The van der Waals surface area contributed by atoms with Crippen molar-refractivity contribution in [1.29, 1.82) is 0 Å². The molecule has 1 aromatic carbocycles. The number of hydrogen-bond donors (Lipinski definition) is 2. The van der Waals surface area contributed by atoms with Gasteiger partial charge in [-0.25, -0.2) is 4.98 Å². The third-order valence-corrected chi connectivity index (χ3v) is 3.67. The average molecular weight is 358 g/mol. The van der Waals surface area contributed by atoms with Crippen LogP contribution in [0.25, 0.3) is 0 Å². The number of carbonyl (C=O) groups is 1. The molecule has 0 aliphatic carbocycles. The van der Waals surface area contributed by atoms with E-state index in [2.05, 4.69) is 25.5 Å². The van der Waals surface area contributed by atoms with Crippen molar-refractivity contribution in [1.82, 2.24) is 20.2 Å². The van der Waals surface area contributed by atoms with Gasteiger partial charge in [-0.3, -0.25) is 14.9 Å². The van der Waals surface area contributed by atoms with E-state index >= 15 is 0 Å². The van der Waals surface area contributed by atoms with Crippen molar-refractivity contribution in [2.45, 2.75) is 20.0 Å². The number of nitrogens with one attached hydrogen (secondary N) is 2. The second-order valence-electron chi connectivity index (χ2n) is 5.43. The second-order valence-corrected chi connectivity index (χ2v) is 5.87. The summed E-state index contributed by atoms with van der Waals surface area (Å²) in [6.07, 6.45) is 4.89. The molecule has 0 unspecified atom stereocenters. The summed E-state index contributed by atoms with van der Waals surface area (Å²) < 4.78 is 5.63. The van der Waals surface area contributed by atoms with Crippen LogP contribution in [0.3, 0.4) is 0 Å². The summed E-state index contributed by atoms with van der Waals surface area (Å²) in [4.78, 5) is 20.3. The number of benzene rings is 1. The number of aryl methyl sites for hydroxylation is 1. The maximum Gasteiger partial charge on any atom is 0.228 e. The summed E-state index contributed by atoms with van der Waals surface area (Å²) in [5.74, 6) is 1.01. The van der Waals surface area contributed by atoms with Gasteiger partial charge in [0.15, 0.2) is 5.82 Å². The molecule has 0 radical (unpaired) electrons. The van der Waals surface area contributed by atoms with Gasteiger partial charge >= 0.3 is 0 Å². The standard InChI is InChI=1S/C17H16ClN5O2/c1-11-2-3-19-8-15(11)22-17(24)6-12-4-13(18)7-14(5-12)25-9-16-20-10-21-23-16/h2-5,7-8,10H,6,9H2,1H3,(H,22,24)(H,20,21,23). The fourth-order valence-electron chi connectivity index (χ4n) is 2.23. The van der Waals surface area contributed by atoms with Crippen molar-refractivity contribution in [2.75, 3.05) is 5.32 Å². The molecule has 0 spiro atoms. The first-order valence-corrected chi connectivity index (χ1v) is 7.95. The number of aromatic amines is 1. The quantitative estimate of drug-likeness (QED) is 0.707. The van der Waals surface area contributed by atoms with E-state index in [0.717, 1.165) is 11.1 Å². The molecule has 0 aliphatic heterocycles. The van der Waals surface area contributed by atoms with Crippen molar-refractivity contribution in [2.24, 2.45) is 0 Å². The summed E-state index contributed by atoms with van der Waals surface area (Å²) in [6.45, 7) is 2.15. The molecule has 2 N–H and O–H groups in total. The van der Waals surface area contributed by atoms with Gasteiger partial charge in [0.25, 0.3) is 0 Å². The number of H-pyrrole nitrogens is 1. The average Bonchev–Trinajstić information content (AvgIpc) is 3.08. The summed E-state index contributed by atoms with van der Waals surface area (Å²) in [5.41, 5.74) is 2.39. The van der Waals surface area contributed by atoms with Crippen molar-refractivity contribution in [3.63, 3.8) is 0 Å². The minimum atomic E-state index is -0.153. The molecule has 128 valence electrons. The molecule has 3 rings (SSSR count). The lowest BCUT2D eigenvalue weighted by Gasteiger charge is -2.10. The Hall–Kier alpha value is -2.93. The van der Waals surface area contributed by atoms with Gasteiger partial charge in [-0.1, -0.05) is 11.6 Å². The van der Waals surface area contributed by atoms with E-state index in [0.29, 0.717) is 22.3 Å². The molecule has 1 amide bonds. The highest BCUT2D eigenvalue weighted by molar-refractivity contribution is 6.30. The molecule has 2 heterocycles. The molecule has 7 nitrogen and oxygen atoms in total. The van der Waals surface area contributed by atoms with Crippen molar-refractivity contribution < 1.29 is 9.53 Å². The summed E-state index contributed by atoms with van der Waals surface area (Å²) >= 11 is 6.12. The molecule has 3 aromatic rings. The van der Waals surface area contributed by atoms with Gasteiger partial charge in [-0.05, 0) is 42.3 Å². The maximum absolute atomic E-state index is 12.3. The monoisotopic (exact) mass is 357 g/mol. The molecule has 0 aliphatic rings. The van der Waals surface area contributed by atoms with Crippen molar-refractivity contribution in [3.05, 3.63) is 65.0 Å². The fraction of sp³-hybridized carbons (Fsp3) is 0.176. The zero-order valence-corrected chi connectivity index (χ0v) is 14.2. The summed E-state index contributed by atoms with van der Waals surface area (Å²) in [7, 11) is 0. The number of pyridine rings is 1. The first kappa shape index (κ1) is 16.9. The Morgan fingerprint density at radius 2 is 2.24 bits per heavy atom. The van der Waals surface area contributed by atoms with E-state index in [-0.39, 0.29) is 18.9 Å². The van der Waals surface area contributed by atoms with Crippen LogP contribution in [0.5, 0.6) is 5.75 Å². The molecule has 0 atom stereocenters. The Morgan fingerprint density at radius 1 is 1.36 bits per heavy atom. The lowest BCUT2D eigenvalue weighted by molar-refractivity contribution is -0.115. The Labute approximate surface area is 149 Å². The van der Waals surface area contributed by atoms with E-state index in [1.807, 2.05) is 13.0 Å². The first-order chi connectivity index (χ1) is 12.1. The number of carbonyl (C=O) groups excluding carboxylic acids is 1. The molecule has 0 saturated carbocycles. The first-order valence-electron chi connectivity index (χ1n) is 7.57.